The highest BCUT2D eigenvalue weighted by atomic mass is 35.5. The van der Waals surface area contributed by atoms with Gasteiger partial charge in [0.15, 0.2) is 11.5 Å². The van der Waals surface area contributed by atoms with Crippen molar-refractivity contribution in [3.63, 3.8) is 0 Å². The van der Waals surface area contributed by atoms with Crippen molar-refractivity contribution in [2.75, 3.05) is 19.5 Å². The van der Waals surface area contributed by atoms with Crippen LogP contribution >= 0.6 is 11.6 Å². The van der Waals surface area contributed by atoms with Crippen molar-refractivity contribution in [3.8, 4) is 11.5 Å². The Morgan fingerprint density at radius 3 is 2.54 bits per heavy atom. The maximum absolute atomic E-state index is 12.9. The molecule has 1 atom stereocenters. The van der Waals surface area contributed by atoms with Gasteiger partial charge in [-0.3, -0.25) is 4.79 Å². The molecule has 2 aromatic rings. The topological polar surface area (TPSA) is 69.2 Å². The second-order valence-corrected chi connectivity index (χ2v) is 5.62. The van der Waals surface area contributed by atoms with Gasteiger partial charge in [0.1, 0.15) is 5.82 Å². The Kier molecular flexibility index (Phi) is 6.80. The third kappa shape index (κ3) is 5.10. The predicted molar refractivity (Wildman–Crippen MR) is 97.7 cm³/mol. The summed E-state index contributed by atoms with van der Waals surface area (Å²) < 4.78 is 23.2. The van der Waals surface area contributed by atoms with Gasteiger partial charge in [-0.05, 0) is 43.3 Å². The molecule has 26 heavy (non-hydrogen) atoms. The monoisotopic (exact) mass is 380 g/mol. The zero-order valence-electron chi connectivity index (χ0n) is 14.5. The Hall–Kier alpha value is -2.80. The fourth-order valence-electron chi connectivity index (χ4n) is 2.02. The number of methoxy groups -OCH3 is 2. The number of oxime groups is 1. The number of hydrogen-bond donors (Lipinski definition) is 1. The summed E-state index contributed by atoms with van der Waals surface area (Å²) in [5.74, 6) is 0.0624. The summed E-state index contributed by atoms with van der Waals surface area (Å²) >= 11 is 6.11. The average Bonchev–Trinajstić information content (AvgIpc) is 2.62. The lowest BCUT2D eigenvalue weighted by atomic mass is 10.2. The SMILES string of the molecule is COc1cc(/C=N\O[C@H](C)C(=O)Nc2ccc(F)cc2)cc(Cl)c1OC. The van der Waals surface area contributed by atoms with E-state index in [0.717, 1.165) is 0 Å². The number of amides is 1. The second kappa shape index (κ2) is 9.05. The van der Waals surface area contributed by atoms with Crippen molar-refractivity contribution in [3.05, 3.63) is 52.8 Å². The number of nitrogens with one attached hydrogen (secondary N) is 1. The first-order chi connectivity index (χ1) is 12.4. The number of carbonyl (C=O) groups excluding carboxylic acids is 1. The van der Waals surface area contributed by atoms with E-state index in [0.29, 0.717) is 27.8 Å². The van der Waals surface area contributed by atoms with Crippen molar-refractivity contribution >= 4 is 29.4 Å². The summed E-state index contributed by atoms with van der Waals surface area (Å²) in [6.07, 6.45) is 0.544. The molecule has 0 unspecified atom stereocenters. The molecule has 0 aromatic heterocycles. The standard InChI is InChI=1S/C18H18ClFN2O4/c1-11(18(23)22-14-6-4-13(20)5-7-14)26-21-10-12-8-15(19)17(25-3)16(9-12)24-2/h4-11H,1-3H3,(H,22,23)/b21-10-/t11-/m1/s1. The largest absolute Gasteiger partial charge is 0.493 e. The summed E-state index contributed by atoms with van der Waals surface area (Å²) in [7, 11) is 2.98. The molecule has 138 valence electrons. The molecule has 2 aromatic carbocycles. The first kappa shape index (κ1) is 19.5. The number of carbonyl (C=O) groups is 1. The van der Waals surface area contributed by atoms with Gasteiger partial charge in [0.05, 0.1) is 25.5 Å². The summed E-state index contributed by atoms with van der Waals surface area (Å²) in [5.41, 5.74) is 1.07. The first-order valence-corrected chi connectivity index (χ1v) is 7.99. The van der Waals surface area contributed by atoms with E-state index in [1.54, 1.807) is 12.1 Å². The van der Waals surface area contributed by atoms with Crippen LogP contribution in [0.15, 0.2) is 41.6 Å². The molecule has 2 rings (SSSR count). The van der Waals surface area contributed by atoms with Crippen LogP contribution in [0.3, 0.4) is 0 Å². The van der Waals surface area contributed by atoms with Crippen LogP contribution in [0.4, 0.5) is 10.1 Å². The van der Waals surface area contributed by atoms with Gasteiger partial charge in [0, 0.05) is 11.3 Å². The fourth-order valence-corrected chi connectivity index (χ4v) is 2.32. The lowest BCUT2D eigenvalue weighted by Crippen LogP contribution is -2.26. The van der Waals surface area contributed by atoms with Crippen LogP contribution in [0.25, 0.3) is 0 Å². The molecule has 0 bridgehead atoms. The van der Waals surface area contributed by atoms with Crippen LogP contribution < -0.4 is 14.8 Å². The minimum Gasteiger partial charge on any atom is -0.493 e. The summed E-state index contributed by atoms with van der Waals surface area (Å²) in [4.78, 5) is 17.2. The number of rotatable bonds is 7. The molecular weight excluding hydrogens is 363 g/mol. The molecule has 1 N–H and O–H groups in total. The molecule has 0 saturated carbocycles. The van der Waals surface area contributed by atoms with E-state index in [-0.39, 0.29) is 5.82 Å². The van der Waals surface area contributed by atoms with Crippen LogP contribution in [0.5, 0.6) is 11.5 Å². The van der Waals surface area contributed by atoms with Crippen molar-refractivity contribution in [2.24, 2.45) is 5.16 Å². The number of nitrogens with zero attached hydrogens (tertiary/aromatic N) is 1. The van der Waals surface area contributed by atoms with Gasteiger partial charge < -0.3 is 19.6 Å². The molecule has 0 aliphatic carbocycles. The zero-order valence-corrected chi connectivity index (χ0v) is 15.2. The van der Waals surface area contributed by atoms with Gasteiger partial charge >= 0.3 is 0 Å². The van der Waals surface area contributed by atoms with Gasteiger partial charge in [-0.1, -0.05) is 16.8 Å². The Labute approximate surface area is 155 Å². The van der Waals surface area contributed by atoms with Crippen molar-refractivity contribution in [2.45, 2.75) is 13.0 Å². The van der Waals surface area contributed by atoms with Crippen LogP contribution in [0, 0.1) is 5.82 Å². The Morgan fingerprint density at radius 2 is 1.92 bits per heavy atom. The van der Waals surface area contributed by atoms with Crippen LogP contribution in [-0.2, 0) is 9.63 Å². The van der Waals surface area contributed by atoms with Crippen LogP contribution in [-0.4, -0.2) is 32.4 Å². The maximum Gasteiger partial charge on any atom is 0.267 e. The average molecular weight is 381 g/mol. The molecular formula is C18H18ClFN2O4. The van der Waals surface area contributed by atoms with Crippen LogP contribution in [0.1, 0.15) is 12.5 Å². The minimum absolute atomic E-state index is 0.357. The smallest absolute Gasteiger partial charge is 0.267 e. The molecule has 0 radical (unpaired) electrons. The quantitative estimate of drug-likeness (QED) is 0.584. The van der Waals surface area contributed by atoms with Crippen molar-refractivity contribution < 1.29 is 23.5 Å². The van der Waals surface area contributed by atoms with Gasteiger partial charge in [-0.25, -0.2) is 4.39 Å². The number of ether oxygens (including phenoxy) is 2. The number of anilines is 1. The number of benzene rings is 2. The fraction of sp³-hybridized carbons (Fsp3) is 0.222. The molecule has 1 amide bonds. The van der Waals surface area contributed by atoms with Crippen molar-refractivity contribution in [1.29, 1.82) is 0 Å². The van der Waals surface area contributed by atoms with Crippen LogP contribution in [0.2, 0.25) is 5.02 Å². The predicted octanol–water partition coefficient (Wildman–Crippen LogP) is 3.87. The second-order valence-electron chi connectivity index (χ2n) is 5.22. The third-order valence-corrected chi connectivity index (χ3v) is 3.64. The van der Waals surface area contributed by atoms with Gasteiger partial charge in [-0.15, -0.1) is 0 Å². The molecule has 0 aliphatic heterocycles. The van der Waals surface area contributed by atoms with E-state index in [2.05, 4.69) is 10.5 Å². The van der Waals surface area contributed by atoms with E-state index in [4.69, 9.17) is 25.9 Å². The number of halogens is 2. The van der Waals surface area contributed by atoms with E-state index < -0.39 is 12.0 Å². The summed E-state index contributed by atoms with van der Waals surface area (Å²) in [5, 5.41) is 6.74. The minimum atomic E-state index is -0.855. The molecule has 0 saturated heterocycles. The Balaban J connectivity index is 1.97. The molecule has 8 heteroatoms. The molecule has 0 heterocycles. The Morgan fingerprint density at radius 1 is 1.23 bits per heavy atom. The molecule has 0 fully saturated rings. The molecule has 6 nitrogen and oxygen atoms in total. The van der Waals surface area contributed by atoms with Gasteiger partial charge in [0.2, 0.25) is 6.10 Å². The van der Waals surface area contributed by atoms with E-state index in [9.17, 15) is 9.18 Å². The number of hydrogen-bond acceptors (Lipinski definition) is 5. The van der Waals surface area contributed by atoms with Gasteiger partial charge in [-0.2, -0.15) is 0 Å². The van der Waals surface area contributed by atoms with E-state index in [1.165, 1.54) is 51.6 Å². The summed E-state index contributed by atoms with van der Waals surface area (Å²) in [6, 6.07) is 8.70. The Bertz CT molecular complexity index is 797. The first-order valence-electron chi connectivity index (χ1n) is 7.61. The highest BCUT2D eigenvalue weighted by molar-refractivity contribution is 6.32. The van der Waals surface area contributed by atoms with Gasteiger partial charge in [0.25, 0.3) is 5.91 Å². The van der Waals surface area contributed by atoms with E-state index >= 15 is 0 Å². The normalized spacial score (nSPS) is 11.9. The third-order valence-electron chi connectivity index (χ3n) is 3.36. The highest BCUT2D eigenvalue weighted by Crippen LogP contribution is 2.35. The maximum atomic E-state index is 12.9. The molecule has 0 spiro atoms. The lowest BCUT2D eigenvalue weighted by molar-refractivity contribution is -0.126. The lowest BCUT2D eigenvalue weighted by Gasteiger charge is -2.11. The molecule has 0 aliphatic rings. The summed E-state index contributed by atoms with van der Waals surface area (Å²) in [6.45, 7) is 1.54. The zero-order chi connectivity index (χ0) is 19.1. The highest BCUT2D eigenvalue weighted by Gasteiger charge is 2.14. The van der Waals surface area contributed by atoms with Crippen molar-refractivity contribution in [1.82, 2.24) is 0 Å². The van der Waals surface area contributed by atoms with E-state index in [1.807, 2.05) is 0 Å².